The van der Waals surface area contributed by atoms with Gasteiger partial charge in [0.2, 0.25) is 5.91 Å². The molecule has 1 spiro atoms. The largest absolute Gasteiger partial charge is 0.352 e. The van der Waals surface area contributed by atoms with E-state index in [1.807, 2.05) is 0 Å². The van der Waals surface area contributed by atoms with Crippen molar-refractivity contribution in [3.8, 4) is 0 Å². The normalized spacial score (nSPS) is 26.9. The van der Waals surface area contributed by atoms with Gasteiger partial charge in [0.25, 0.3) is 0 Å². The van der Waals surface area contributed by atoms with Crippen LogP contribution < -0.4 is 16.4 Å². The number of rotatable bonds is 6. The Kier molecular flexibility index (Phi) is 4.62. The third-order valence-electron chi connectivity index (χ3n) is 4.64. The van der Waals surface area contributed by atoms with Crippen molar-refractivity contribution in [3.63, 3.8) is 0 Å². The molecule has 1 saturated carbocycles. The fourth-order valence-electron chi connectivity index (χ4n) is 3.20. The van der Waals surface area contributed by atoms with Crippen LogP contribution >= 0.6 is 0 Å². The molecule has 1 saturated heterocycles. The molecule has 1 amide bonds. The van der Waals surface area contributed by atoms with E-state index in [1.54, 1.807) is 0 Å². The summed E-state index contributed by atoms with van der Waals surface area (Å²) in [5.74, 6) is 0.513. The SMILES string of the molecule is CCCCC(CN)NC(=O)C1CC12CCNCC2. The van der Waals surface area contributed by atoms with E-state index >= 15 is 0 Å². The summed E-state index contributed by atoms with van der Waals surface area (Å²) in [5, 5.41) is 6.52. The van der Waals surface area contributed by atoms with Crippen LogP contribution in [-0.2, 0) is 4.79 Å². The molecule has 0 radical (unpaired) electrons. The predicted octanol–water partition coefficient (Wildman–Crippen LogP) is 1.01. The van der Waals surface area contributed by atoms with Gasteiger partial charge in [-0.15, -0.1) is 0 Å². The first-order valence-electron chi connectivity index (χ1n) is 7.43. The van der Waals surface area contributed by atoms with Gasteiger partial charge in [-0.3, -0.25) is 4.79 Å². The van der Waals surface area contributed by atoms with E-state index in [1.165, 1.54) is 0 Å². The van der Waals surface area contributed by atoms with Crippen molar-refractivity contribution in [1.29, 1.82) is 0 Å². The molecule has 104 valence electrons. The Hall–Kier alpha value is -0.610. The van der Waals surface area contributed by atoms with Gasteiger partial charge in [-0.2, -0.15) is 0 Å². The summed E-state index contributed by atoms with van der Waals surface area (Å²) in [7, 11) is 0. The predicted molar refractivity (Wildman–Crippen MR) is 73.2 cm³/mol. The molecular weight excluding hydrogens is 226 g/mol. The van der Waals surface area contributed by atoms with Crippen molar-refractivity contribution in [3.05, 3.63) is 0 Å². The molecule has 2 fully saturated rings. The highest BCUT2D eigenvalue weighted by molar-refractivity contribution is 5.82. The van der Waals surface area contributed by atoms with Gasteiger partial charge in [-0.05, 0) is 44.2 Å². The minimum atomic E-state index is 0.178. The molecule has 0 aromatic rings. The number of piperidine rings is 1. The summed E-state index contributed by atoms with van der Waals surface area (Å²) < 4.78 is 0. The number of hydrogen-bond donors (Lipinski definition) is 3. The van der Waals surface area contributed by atoms with Gasteiger partial charge in [0.1, 0.15) is 0 Å². The zero-order valence-corrected chi connectivity index (χ0v) is 11.5. The fourth-order valence-corrected chi connectivity index (χ4v) is 3.20. The molecule has 0 aromatic heterocycles. The fraction of sp³-hybridized carbons (Fsp3) is 0.929. The number of unbranched alkanes of at least 4 members (excludes halogenated alkanes) is 1. The zero-order valence-electron chi connectivity index (χ0n) is 11.5. The Labute approximate surface area is 110 Å². The number of hydrogen-bond acceptors (Lipinski definition) is 3. The third-order valence-corrected chi connectivity index (χ3v) is 4.64. The Morgan fingerprint density at radius 1 is 1.50 bits per heavy atom. The smallest absolute Gasteiger partial charge is 0.223 e. The van der Waals surface area contributed by atoms with Crippen molar-refractivity contribution >= 4 is 5.91 Å². The maximum absolute atomic E-state index is 12.2. The van der Waals surface area contributed by atoms with Crippen LogP contribution in [0.5, 0.6) is 0 Å². The van der Waals surface area contributed by atoms with E-state index < -0.39 is 0 Å². The first kappa shape index (κ1) is 13.8. The van der Waals surface area contributed by atoms with Crippen LogP contribution in [0.25, 0.3) is 0 Å². The summed E-state index contributed by atoms with van der Waals surface area (Å²) in [6.07, 6.45) is 6.72. The molecule has 4 nitrogen and oxygen atoms in total. The monoisotopic (exact) mass is 253 g/mol. The van der Waals surface area contributed by atoms with Gasteiger partial charge in [0.05, 0.1) is 0 Å². The van der Waals surface area contributed by atoms with E-state index in [-0.39, 0.29) is 17.9 Å². The molecule has 0 bridgehead atoms. The van der Waals surface area contributed by atoms with Crippen molar-refractivity contribution in [2.45, 2.75) is 51.5 Å². The third kappa shape index (κ3) is 3.04. The molecular formula is C14H27N3O. The Morgan fingerprint density at radius 3 is 2.83 bits per heavy atom. The van der Waals surface area contributed by atoms with Gasteiger partial charge in [-0.25, -0.2) is 0 Å². The highest BCUT2D eigenvalue weighted by Gasteiger charge is 2.57. The van der Waals surface area contributed by atoms with Crippen LogP contribution in [0.1, 0.15) is 45.4 Å². The zero-order chi connectivity index (χ0) is 13.0. The van der Waals surface area contributed by atoms with Gasteiger partial charge in [-0.1, -0.05) is 19.8 Å². The van der Waals surface area contributed by atoms with Gasteiger partial charge >= 0.3 is 0 Å². The van der Waals surface area contributed by atoms with Crippen molar-refractivity contribution in [2.24, 2.45) is 17.1 Å². The maximum Gasteiger partial charge on any atom is 0.223 e. The van der Waals surface area contributed by atoms with E-state index in [2.05, 4.69) is 17.6 Å². The van der Waals surface area contributed by atoms with Crippen LogP contribution in [0.4, 0.5) is 0 Å². The summed E-state index contributed by atoms with van der Waals surface area (Å²) in [6, 6.07) is 0.178. The molecule has 0 aromatic carbocycles. The second-order valence-corrected chi connectivity index (χ2v) is 5.95. The Morgan fingerprint density at radius 2 is 2.22 bits per heavy atom. The van der Waals surface area contributed by atoms with Crippen LogP contribution in [0.15, 0.2) is 0 Å². The average Bonchev–Trinajstić information content (AvgIpc) is 3.08. The number of carbonyl (C=O) groups is 1. The highest BCUT2D eigenvalue weighted by atomic mass is 16.2. The second-order valence-electron chi connectivity index (χ2n) is 5.95. The molecule has 1 heterocycles. The lowest BCUT2D eigenvalue weighted by molar-refractivity contribution is -0.124. The maximum atomic E-state index is 12.2. The molecule has 2 atom stereocenters. The van der Waals surface area contributed by atoms with Crippen LogP contribution in [0.3, 0.4) is 0 Å². The van der Waals surface area contributed by atoms with Crippen molar-refractivity contribution in [1.82, 2.24) is 10.6 Å². The number of nitrogens with two attached hydrogens (primary N) is 1. The summed E-state index contributed by atoms with van der Waals surface area (Å²) in [6.45, 7) is 4.87. The lowest BCUT2D eigenvalue weighted by Gasteiger charge is -2.24. The van der Waals surface area contributed by atoms with Gasteiger partial charge in [0, 0.05) is 18.5 Å². The number of nitrogens with one attached hydrogen (secondary N) is 2. The highest BCUT2D eigenvalue weighted by Crippen LogP contribution is 2.58. The van der Waals surface area contributed by atoms with Crippen molar-refractivity contribution < 1.29 is 4.79 Å². The summed E-state index contributed by atoms with van der Waals surface area (Å²) >= 11 is 0. The average molecular weight is 253 g/mol. The molecule has 2 unspecified atom stereocenters. The minimum Gasteiger partial charge on any atom is -0.352 e. The van der Waals surface area contributed by atoms with E-state index in [0.717, 1.165) is 51.6 Å². The Balaban J connectivity index is 1.78. The molecule has 1 aliphatic heterocycles. The van der Waals surface area contributed by atoms with Crippen LogP contribution in [0.2, 0.25) is 0 Å². The summed E-state index contributed by atoms with van der Waals surface area (Å²) in [4.78, 5) is 12.2. The molecule has 4 heteroatoms. The standard InChI is InChI=1S/C14H27N3O/c1-2-3-4-11(10-15)17-13(18)12-9-14(12)5-7-16-8-6-14/h11-12,16H,2-10,15H2,1H3,(H,17,18). The van der Waals surface area contributed by atoms with Crippen molar-refractivity contribution in [2.75, 3.05) is 19.6 Å². The Bertz CT molecular complexity index is 287. The topological polar surface area (TPSA) is 67.1 Å². The van der Waals surface area contributed by atoms with Gasteiger partial charge in [0.15, 0.2) is 0 Å². The quantitative estimate of drug-likeness (QED) is 0.662. The molecule has 2 rings (SSSR count). The molecule has 18 heavy (non-hydrogen) atoms. The molecule has 2 aliphatic rings. The van der Waals surface area contributed by atoms with Crippen LogP contribution in [-0.4, -0.2) is 31.6 Å². The number of carbonyl (C=O) groups excluding carboxylic acids is 1. The van der Waals surface area contributed by atoms with E-state index in [4.69, 9.17) is 5.73 Å². The number of amides is 1. The van der Waals surface area contributed by atoms with E-state index in [9.17, 15) is 4.79 Å². The molecule has 1 aliphatic carbocycles. The molecule has 4 N–H and O–H groups in total. The van der Waals surface area contributed by atoms with Gasteiger partial charge < -0.3 is 16.4 Å². The van der Waals surface area contributed by atoms with E-state index in [0.29, 0.717) is 12.0 Å². The first-order valence-corrected chi connectivity index (χ1v) is 7.43. The first-order chi connectivity index (χ1) is 8.72. The lowest BCUT2D eigenvalue weighted by atomic mass is 9.91. The second kappa shape index (κ2) is 6.02. The lowest BCUT2D eigenvalue weighted by Crippen LogP contribution is -2.42. The minimum absolute atomic E-state index is 0.178. The summed E-state index contributed by atoms with van der Waals surface area (Å²) in [5.41, 5.74) is 6.06. The van der Waals surface area contributed by atoms with Crippen LogP contribution in [0, 0.1) is 11.3 Å².